The molecule has 0 amide bonds. The molecule has 0 rings (SSSR count). The first kappa shape index (κ1) is 19.9. The van der Waals surface area contributed by atoms with E-state index in [1.807, 2.05) is 34.7 Å². The molecule has 4 heteroatoms. The number of aliphatic carboxylic acids is 1. The monoisotopic (exact) mass is 220 g/mol. The first-order valence-electron chi connectivity index (χ1n) is 5.81. The van der Waals surface area contributed by atoms with E-state index in [0.29, 0.717) is 6.42 Å². The lowest BCUT2D eigenvalue weighted by Crippen LogP contribution is -2.29. The second-order valence-corrected chi connectivity index (χ2v) is 2.54. The van der Waals surface area contributed by atoms with Crippen molar-refractivity contribution in [1.29, 1.82) is 0 Å². The molecule has 15 heavy (non-hydrogen) atoms. The van der Waals surface area contributed by atoms with Gasteiger partial charge in [0.2, 0.25) is 0 Å². The van der Waals surface area contributed by atoms with Gasteiger partial charge in [-0.2, -0.15) is 0 Å². The fourth-order valence-electron chi connectivity index (χ4n) is 0.790. The van der Waals surface area contributed by atoms with E-state index < -0.39 is 12.0 Å². The summed E-state index contributed by atoms with van der Waals surface area (Å²) >= 11 is 0. The van der Waals surface area contributed by atoms with Crippen LogP contribution in [0.15, 0.2) is 0 Å². The molecule has 0 aliphatic rings. The lowest BCUT2D eigenvalue weighted by Gasteiger charge is -2.04. The van der Waals surface area contributed by atoms with Crippen LogP contribution in [0.1, 0.15) is 47.0 Å². The van der Waals surface area contributed by atoms with Crippen LogP contribution in [0.25, 0.3) is 0 Å². The largest absolute Gasteiger partial charge is 0.480 e. The summed E-state index contributed by atoms with van der Waals surface area (Å²) in [6.07, 6.45) is 2.42. The number of carboxylic acids is 1. The molecule has 4 N–H and O–H groups in total. The normalized spacial score (nSPS) is 10.3. The van der Waals surface area contributed by atoms with Gasteiger partial charge in [-0.3, -0.25) is 4.79 Å². The molecule has 0 fully saturated rings. The van der Waals surface area contributed by atoms with Crippen molar-refractivity contribution in [2.24, 2.45) is 5.73 Å². The second-order valence-electron chi connectivity index (χ2n) is 2.54. The maximum absolute atomic E-state index is 10.2. The third-order valence-corrected chi connectivity index (χ3v) is 1.51. The molecule has 0 aromatic heterocycles. The molecule has 0 aliphatic heterocycles. The van der Waals surface area contributed by atoms with E-state index in [1.165, 1.54) is 0 Å². The molecule has 1 atom stereocenters. The fraction of sp³-hybridized carbons (Fsp3) is 0.909. The van der Waals surface area contributed by atoms with Crippen LogP contribution in [-0.4, -0.2) is 30.7 Å². The molecule has 0 saturated carbocycles. The van der Waals surface area contributed by atoms with Gasteiger partial charge in [0.05, 0.1) is 0 Å². The quantitative estimate of drug-likeness (QED) is 0.597. The molecule has 0 aliphatic carbocycles. The smallest absolute Gasteiger partial charge is 0.320 e. The average molecular weight is 220 g/mol. The summed E-state index contributed by atoms with van der Waals surface area (Å²) in [7, 11) is 1.87. The number of rotatable bonds is 6. The van der Waals surface area contributed by atoms with Crippen molar-refractivity contribution < 1.29 is 9.90 Å². The van der Waals surface area contributed by atoms with E-state index in [2.05, 4.69) is 5.32 Å². The zero-order chi connectivity index (χ0) is 12.7. The first-order chi connectivity index (χ1) is 7.18. The number of hydrogen-bond acceptors (Lipinski definition) is 3. The van der Waals surface area contributed by atoms with Gasteiger partial charge in [-0.25, -0.2) is 0 Å². The summed E-state index contributed by atoms with van der Waals surface area (Å²) in [6.45, 7) is 8.92. The predicted octanol–water partition coefficient (Wildman–Crippen LogP) is 1.84. The molecular formula is C11H28N2O2. The van der Waals surface area contributed by atoms with Crippen LogP contribution in [0.4, 0.5) is 0 Å². The van der Waals surface area contributed by atoms with Crippen molar-refractivity contribution in [1.82, 2.24) is 5.32 Å². The summed E-state index contributed by atoms with van der Waals surface area (Å²) in [5.41, 5.74) is 5.28. The molecule has 0 aromatic rings. The third kappa shape index (κ3) is 19.7. The van der Waals surface area contributed by atoms with E-state index in [4.69, 9.17) is 10.8 Å². The average Bonchev–Trinajstić information content (AvgIpc) is 2.29. The Bertz CT molecular complexity index is 119. The van der Waals surface area contributed by atoms with Gasteiger partial charge in [0, 0.05) is 0 Å². The Kier molecular flexibility index (Phi) is 25.2. The highest BCUT2D eigenvalue weighted by Gasteiger charge is 2.09. The summed E-state index contributed by atoms with van der Waals surface area (Å²) < 4.78 is 0. The number of nitrogens with two attached hydrogens (primary N) is 1. The topological polar surface area (TPSA) is 75.3 Å². The lowest BCUT2D eigenvalue weighted by atomic mass is 10.1. The molecule has 0 heterocycles. The Morgan fingerprint density at radius 2 is 1.73 bits per heavy atom. The summed E-state index contributed by atoms with van der Waals surface area (Å²) in [6, 6.07) is -0.688. The summed E-state index contributed by atoms with van der Waals surface area (Å²) in [5, 5.41) is 11.4. The second kappa shape index (κ2) is 19.0. The molecule has 94 valence electrons. The zero-order valence-electron chi connectivity index (χ0n) is 10.8. The minimum atomic E-state index is -0.908. The van der Waals surface area contributed by atoms with Crippen LogP contribution in [0.5, 0.6) is 0 Å². The lowest BCUT2D eigenvalue weighted by molar-refractivity contribution is -0.138. The Morgan fingerprint density at radius 3 is 2.07 bits per heavy atom. The van der Waals surface area contributed by atoms with Crippen molar-refractivity contribution in [3.8, 4) is 0 Å². The van der Waals surface area contributed by atoms with Crippen molar-refractivity contribution in [3.63, 3.8) is 0 Å². The molecule has 0 spiro atoms. The van der Waals surface area contributed by atoms with Crippen molar-refractivity contribution in [2.45, 2.75) is 53.0 Å². The first-order valence-corrected chi connectivity index (χ1v) is 5.81. The molecular weight excluding hydrogens is 192 g/mol. The van der Waals surface area contributed by atoms with Crippen LogP contribution >= 0.6 is 0 Å². The molecule has 4 nitrogen and oxygen atoms in total. The third-order valence-electron chi connectivity index (χ3n) is 1.51. The van der Waals surface area contributed by atoms with E-state index in [1.54, 1.807) is 0 Å². The standard InChI is InChI=1S/C7H16N2O2.2C2H6/c1-9-5-3-2-4-6(8)7(10)11;2*1-2/h6,9H,2-5,8H2,1H3,(H,10,11);2*1-2H3/t6-;;/m0../s1. The molecule has 0 radical (unpaired) electrons. The maximum atomic E-state index is 10.2. The minimum absolute atomic E-state index is 0.566. The number of unbranched alkanes of at least 4 members (excludes halogenated alkanes) is 1. The van der Waals surface area contributed by atoms with Crippen molar-refractivity contribution >= 4 is 5.97 Å². The van der Waals surface area contributed by atoms with E-state index >= 15 is 0 Å². The molecule has 0 aromatic carbocycles. The molecule has 0 saturated heterocycles. The van der Waals surface area contributed by atoms with Gasteiger partial charge >= 0.3 is 5.97 Å². The van der Waals surface area contributed by atoms with Gasteiger partial charge in [-0.15, -0.1) is 0 Å². The van der Waals surface area contributed by atoms with E-state index in [9.17, 15) is 4.79 Å². The van der Waals surface area contributed by atoms with Gasteiger partial charge in [0.15, 0.2) is 0 Å². The Morgan fingerprint density at radius 1 is 1.27 bits per heavy atom. The van der Waals surface area contributed by atoms with Crippen LogP contribution < -0.4 is 11.1 Å². The van der Waals surface area contributed by atoms with Gasteiger partial charge in [-0.1, -0.05) is 34.1 Å². The Balaban J connectivity index is -0.000000318. The number of hydrogen-bond donors (Lipinski definition) is 3. The highest BCUT2D eigenvalue weighted by molar-refractivity contribution is 5.72. The highest BCUT2D eigenvalue weighted by Crippen LogP contribution is 1.97. The van der Waals surface area contributed by atoms with Crippen LogP contribution in [-0.2, 0) is 4.79 Å². The fourth-order valence-corrected chi connectivity index (χ4v) is 0.790. The van der Waals surface area contributed by atoms with Gasteiger partial charge < -0.3 is 16.2 Å². The zero-order valence-corrected chi connectivity index (χ0v) is 10.8. The SMILES string of the molecule is CC.CC.CNCCCC[C@H](N)C(=O)O. The Hall–Kier alpha value is -0.610. The number of nitrogens with one attached hydrogen (secondary N) is 1. The number of carbonyl (C=O) groups is 1. The van der Waals surface area contributed by atoms with E-state index in [-0.39, 0.29) is 0 Å². The van der Waals surface area contributed by atoms with Crippen molar-refractivity contribution in [3.05, 3.63) is 0 Å². The summed E-state index contributed by atoms with van der Waals surface area (Å²) in [4.78, 5) is 10.2. The van der Waals surface area contributed by atoms with Crippen LogP contribution in [0, 0.1) is 0 Å². The Labute approximate surface area is 94.2 Å². The number of carboxylic acid groups (broad SMARTS) is 1. The van der Waals surface area contributed by atoms with Crippen molar-refractivity contribution in [2.75, 3.05) is 13.6 Å². The summed E-state index contributed by atoms with van der Waals surface area (Å²) in [5.74, 6) is -0.908. The molecule has 0 bridgehead atoms. The predicted molar refractivity (Wildman–Crippen MR) is 66.1 cm³/mol. The van der Waals surface area contributed by atoms with Gasteiger partial charge in [0.25, 0.3) is 0 Å². The minimum Gasteiger partial charge on any atom is -0.480 e. The maximum Gasteiger partial charge on any atom is 0.320 e. The van der Waals surface area contributed by atoms with Crippen LogP contribution in [0.2, 0.25) is 0 Å². The van der Waals surface area contributed by atoms with Crippen LogP contribution in [0.3, 0.4) is 0 Å². The van der Waals surface area contributed by atoms with Gasteiger partial charge in [-0.05, 0) is 26.4 Å². The molecule has 0 unspecified atom stereocenters. The highest BCUT2D eigenvalue weighted by atomic mass is 16.4. The van der Waals surface area contributed by atoms with E-state index in [0.717, 1.165) is 19.4 Å². The van der Waals surface area contributed by atoms with Gasteiger partial charge in [0.1, 0.15) is 6.04 Å².